The molecule has 0 spiro atoms. The molecule has 1 atom stereocenters. The number of nitrogens with one attached hydrogen (secondary N) is 2. The van der Waals surface area contributed by atoms with Crippen LogP contribution in [0.2, 0.25) is 0 Å². The highest BCUT2D eigenvalue weighted by atomic mass is 19.4. The van der Waals surface area contributed by atoms with Crippen LogP contribution in [0.1, 0.15) is 29.0 Å². The van der Waals surface area contributed by atoms with Gasteiger partial charge in [-0.2, -0.15) is 23.4 Å². The third-order valence-electron chi connectivity index (χ3n) is 3.59. The Bertz CT molecular complexity index is 860. The van der Waals surface area contributed by atoms with Crippen molar-refractivity contribution in [3.8, 4) is 0 Å². The molecule has 3 N–H and O–H groups in total. The minimum Gasteiger partial charge on any atom is -0.480 e. The van der Waals surface area contributed by atoms with E-state index < -0.39 is 42.2 Å². The molecular weight excluding hydrogens is 385 g/mol. The zero-order valence-electron chi connectivity index (χ0n) is 14.6. The number of halogens is 3. The number of carboxylic acids is 1. The first kappa shape index (κ1) is 20.9. The van der Waals surface area contributed by atoms with Crippen molar-refractivity contribution in [2.45, 2.75) is 25.7 Å². The van der Waals surface area contributed by atoms with E-state index in [4.69, 9.17) is 5.11 Å². The number of carbonyl (C=O) groups excluding carboxylic acids is 2. The van der Waals surface area contributed by atoms with Gasteiger partial charge >= 0.3 is 12.1 Å². The van der Waals surface area contributed by atoms with Gasteiger partial charge in [-0.25, -0.2) is 4.79 Å². The van der Waals surface area contributed by atoms with E-state index in [0.717, 1.165) is 21.6 Å². The van der Waals surface area contributed by atoms with E-state index in [1.165, 1.54) is 19.3 Å². The van der Waals surface area contributed by atoms with Gasteiger partial charge in [-0.05, 0) is 13.0 Å². The van der Waals surface area contributed by atoms with Crippen LogP contribution in [0.3, 0.4) is 0 Å². The number of amides is 2. The zero-order valence-corrected chi connectivity index (χ0v) is 14.6. The van der Waals surface area contributed by atoms with Crippen molar-refractivity contribution >= 4 is 17.8 Å². The quantitative estimate of drug-likeness (QED) is 0.544. The van der Waals surface area contributed by atoms with Gasteiger partial charge < -0.3 is 15.7 Å². The summed E-state index contributed by atoms with van der Waals surface area (Å²) in [6.07, 6.45) is -1.05. The number of alkyl halides is 3. The molecule has 0 aromatic carbocycles. The summed E-state index contributed by atoms with van der Waals surface area (Å²) in [6, 6.07) is -0.167. The van der Waals surface area contributed by atoms with Gasteiger partial charge in [0.15, 0.2) is 5.69 Å². The van der Waals surface area contributed by atoms with Gasteiger partial charge in [-0.15, -0.1) is 0 Å². The summed E-state index contributed by atoms with van der Waals surface area (Å²) >= 11 is 0. The molecule has 0 radical (unpaired) electrons. The Morgan fingerprint density at radius 3 is 2.54 bits per heavy atom. The highest BCUT2D eigenvalue weighted by Gasteiger charge is 2.33. The van der Waals surface area contributed by atoms with E-state index in [1.807, 2.05) is 0 Å². The predicted molar refractivity (Wildman–Crippen MR) is 87.1 cm³/mol. The summed E-state index contributed by atoms with van der Waals surface area (Å²) in [7, 11) is 0. The number of carbonyl (C=O) groups is 3. The molecule has 0 fully saturated rings. The summed E-state index contributed by atoms with van der Waals surface area (Å²) < 4.78 is 39.3. The lowest BCUT2D eigenvalue weighted by Crippen LogP contribution is -2.36. The molecule has 2 heterocycles. The smallest absolute Gasteiger partial charge is 0.435 e. The Balaban J connectivity index is 1.73. The zero-order chi connectivity index (χ0) is 20.9. The first-order valence-corrected chi connectivity index (χ1v) is 8.00. The summed E-state index contributed by atoms with van der Waals surface area (Å²) in [5, 5.41) is 20.9. The second-order valence-electron chi connectivity index (χ2n) is 5.73. The number of rotatable bonds is 8. The van der Waals surface area contributed by atoms with Crippen LogP contribution in [0.25, 0.3) is 0 Å². The third-order valence-corrected chi connectivity index (χ3v) is 3.59. The first-order valence-electron chi connectivity index (χ1n) is 8.00. The average Bonchev–Trinajstić information content (AvgIpc) is 3.26. The second kappa shape index (κ2) is 8.54. The maximum Gasteiger partial charge on any atom is 0.435 e. The number of aliphatic carboxylic acids is 1. The number of hydrogen-bond donors (Lipinski definition) is 3. The van der Waals surface area contributed by atoms with Gasteiger partial charge in [-0.1, -0.05) is 0 Å². The molecule has 28 heavy (non-hydrogen) atoms. The maximum absolute atomic E-state index is 12.4. The highest BCUT2D eigenvalue weighted by Crippen LogP contribution is 2.27. The molecule has 0 saturated heterocycles. The molecule has 2 rings (SSSR count). The highest BCUT2D eigenvalue weighted by molar-refractivity contribution is 5.93. The van der Waals surface area contributed by atoms with Crippen molar-refractivity contribution < 1.29 is 32.7 Å². The van der Waals surface area contributed by atoms with E-state index in [2.05, 4.69) is 20.8 Å². The van der Waals surface area contributed by atoms with Crippen LogP contribution in [-0.4, -0.2) is 55.5 Å². The molecule has 0 bridgehead atoms. The number of nitrogens with zero attached hydrogens (tertiary/aromatic N) is 4. The van der Waals surface area contributed by atoms with Crippen molar-refractivity contribution in [3.63, 3.8) is 0 Å². The molecule has 10 nitrogen and oxygen atoms in total. The van der Waals surface area contributed by atoms with Gasteiger partial charge in [0.25, 0.3) is 5.91 Å². The minimum atomic E-state index is -4.58. The normalized spacial score (nSPS) is 12.4. The standard InChI is InChI=1S/C15H17F3N6O4/c1-9(14(27)28)24-7-10(6-21-24)13(26)20-4-3-19-12(25)8-23-5-2-11(22-23)15(16,17)18/h2,5-7,9H,3-4,8H2,1H3,(H,19,25)(H,20,26)(H,27,28). The molecule has 0 aliphatic heterocycles. The Kier molecular flexibility index (Phi) is 6.38. The van der Waals surface area contributed by atoms with Gasteiger partial charge in [0, 0.05) is 25.5 Å². The monoisotopic (exact) mass is 402 g/mol. The number of hydrogen-bond acceptors (Lipinski definition) is 5. The third kappa shape index (κ3) is 5.56. The Hall–Kier alpha value is -3.38. The van der Waals surface area contributed by atoms with Crippen molar-refractivity contribution in [3.05, 3.63) is 35.9 Å². The Morgan fingerprint density at radius 2 is 1.93 bits per heavy atom. The van der Waals surface area contributed by atoms with E-state index >= 15 is 0 Å². The van der Waals surface area contributed by atoms with Crippen molar-refractivity contribution in [2.75, 3.05) is 13.1 Å². The molecule has 0 aliphatic rings. The average molecular weight is 402 g/mol. The van der Waals surface area contributed by atoms with Crippen LogP contribution in [0, 0.1) is 0 Å². The first-order chi connectivity index (χ1) is 13.1. The SMILES string of the molecule is CC(C(=O)O)n1cc(C(=O)NCCNC(=O)Cn2ccc(C(F)(F)F)n2)cn1. The fraction of sp³-hybridized carbons (Fsp3) is 0.400. The molecule has 2 aromatic heterocycles. The van der Waals surface area contributed by atoms with Gasteiger partial charge in [0.1, 0.15) is 12.6 Å². The van der Waals surface area contributed by atoms with Crippen LogP contribution in [0.15, 0.2) is 24.7 Å². The van der Waals surface area contributed by atoms with Crippen LogP contribution < -0.4 is 10.6 Å². The minimum absolute atomic E-state index is 0.0393. The molecule has 152 valence electrons. The summed E-state index contributed by atoms with van der Waals surface area (Å²) in [5.74, 6) is -2.19. The van der Waals surface area contributed by atoms with Gasteiger partial charge in [0.05, 0.1) is 11.8 Å². The van der Waals surface area contributed by atoms with Crippen LogP contribution in [0.5, 0.6) is 0 Å². The Morgan fingerprint density at radius 1 is 1.25 bits per heavy atom. The molecule has 0 saturated carbocycles. The summed E-state index contributed by atoms with van der Waals surface area (Å²) in [4.78, 5) is 34.5. The lowest BCUT2D eigenvalue weighted by atomic mass is 10.3. The fourth-order valence-electron chi connectivity index (χ4n) is 2.06. The molecule has 1 unspecified atom stereocenters. The lowest BCUT2D eigenvalue weighted by molar-refractivity contribution is -0.142. The topological polar surface area (TPSA) is 131 Å². The van der Waals surface area contributed by atoms with E-state index in [1.54, 1.807) is 0 Å². The molecular formula is C15H17F3N6O4. The fourth-order valence-corrected chi connectivity index (χ4v) is 2.06. The van der Waals surface area contributed by atoms with E-state index in [9.17, 15) is 27.6 Å². The number of aromatic nitrogens is 4. The molecule has 0 aliphatic carbocycles. The van der Waals surface area contributed by atoms with Gasteiger partial charge in [-0.3, -0.25) is 19.0 Å². The predicted octanol–water partition coefficient (Wildman–Crippen LogP) is 0.290. The van der Waals surface area contributed by atoms with Crippen LogP contribution in [-0.2, 0) is 22.3 Å². The van der Waals surface area contributed by atoms with Crippen LogP contribution in [0.4, 0.5) is 13.2 Å². The molecule has 2 aromatic rings. The number of carboxylic acid groups (broad SMARTS) is 1. The lowest BCUT2D eigenvalue weighted by Gasteiger charge is -2.07. The van der Waals surface area contributed by atoms with Crippen molar-refractivity contribution in [1.29, 1.82) is 0 Å². The maximum atomic E-state index is 12.4. The van der Waals surface area contributed by atoms with Crippen LogP contribution >= 0.6 is 0 Å². The summed E-state index contributed by atoms with van der Waals surface area (Å²) in [5.41, 5.74) is -0.944. The summed E-state index contributed by atoms with van der Waals surface area (Å²) in [6.45, 7) is 1.10. The molecule has 13 heteroatoms. The van der Waals surface area contributed by atoms with Crippen molar-refractivity contribution in [2.24, 2.45) is 0 Å². The van der Waals surface area contributed by atoms with Gasteiger partial charge in [0.2, 0.25) is 5.91 Å². The Labute approximate surface area is 156 Å². The molecule has 2 amide bonds. The largest absolute Gasteiger partial charge is 0.480 e. The van der Waals surface area contributed by atoms with E-state index in [0.29, 0.717) is 0 Å². The van der Waals surface area contributed by atoms with E-state index in [-0.39, 0.29) is 18.7 Å². The van der Waals surface area contributed by atoms with Crippen molar-refractivity contribution in [1.82, 2.24) is 30.2 Å². The second-order valence-corrected chi connectivity index (χ2v) is 5.73.